The molecule has 0 fully saturated rings. The van der Waals surface area contributed by atoms with Crippen LogP contribution >= 0.6 is 0 Å². The fourth-order valence-corrected chi connectivity index (χ4v) is 0.799. The van der Waals surface area contributed by atoms with Gasteiger partial charge in [0.1, 0.15) is 11.8 Å². The van der Waals surface area contributed by atoms with Gasteiger partial charge >= 0.3 is 0 Å². The Kier molecular flexibility index (Phi) is 0.887. The smallest absolute Gasteiger partial charge is 0.224 e. The Bertz CT molecular complexity index is 400. The molecule has 0 radical (unpaired) electrons. The molecule has 10 heavy (non-hydrogen) atoms. The number of rotatable bonds is 0. The fourth-order valence-electron chi connectivity index (χ4n) is 0.799. The minimum atomic E-state index is 0.374. The standard InChI is InChI=1S/C6H5N3O/c7-5-1-2-10-6-3-8-4-9(5)6/h1-4,7H. The van der Waals surface area contributed by atoms with E-state index in [1.807, 2.05) is 0 Å². The van der Waals surface area contributed by atoms with Gasteiger partial charge in [0, 0.05) is 6.07 Å². The summed E-state index contributed by atoms with van der Waals surface area (Å²) in [6, 6.07) is 1.56. The second-order valence-electron chi connectivity index (χ2n) is 1.91. The van der Waals surface area contributed by atoms with E-state index in [1.54, 1.807) is 23.0 Å². The molecule has 50 valence electrons. The van der Waals surface area contributed by atoms with Crippen LogP contribution in [0.1, 0.15) is 0 Å². The average Bonchev–Trinajstić information content (AvgIpc) is 2.36. The molecule has 2 aromatic heterocycles. The fraction of sp³-hybridized carbons (Fsp3) is 0. The number of hydrogen-bond acceptors (Lipinski definition) is 3. The van der Waals surface area contributed by atoms with Crippen molar-refractivity contribution >= 4 is 5.71 Å². The molecule has 0 amide bonds. The summed E-state index contributed by atoms with van der Waals surface area (Å²) < 4.78 is 6.57. The van der Waals surface area contributed by atoms with Gasteiger partial charge in [-0.3, -0.25) is 9.81 Å². The predicted molar refractivity (Wildman–Crippen MR) is 33.3 cm³/mol. The normalized spacial score (nSPS) is 10.4. The molecule has 0 atom stereocenters. The van der Waals surface area contributed by atoms with Gasteiger partial charge in [-0.1, -0.05) is 0 Å². The lowest BCUT2D eigenvalue weighted by molar-refractivity contribution is 0.569. The zero-order chi connectivity index (χ0) is 6.97. The average molecular weight is 135 g/mol. The number of hydrogen-bond donors (Lipinski definition) is 1. The highest BCUT2D eigenvalue weighted by Crippen LogP contribution is 1.94. The van der Waals surface area contributed by atoms with Crippen LogP contribution in [0.3, 0.4) is 0 Å². The SMILES string of the molecule is N=c1ccoc2cncn12. The molecule has 1 N–H and O–H groups in total. The zero-order valence-electron chi connectivity index (χ0n) is 5.11. The van der Waals surface area contributed by atoms with E-state index < -0.39 is 0 Å². The lowest BCUT2D eigenvalue weighted by atomic mass is 10.6. The molecule has 4 nitrogen and oxygen atoms in total. The first-order valence-corrected chi connectivity index (χ1v) is 2.82. The number of imidazole rings is 1. The lowest BCUT2D eigenvalue weighted by Crippen LogP contribution is -2.08. The van der Waals surface area contributed by atoms with Gasteiger partial charge in [0.05, 0.1) is 12.5 Å². The van der Waals surface area contributed by atoms with Crippen LogP contribution in [-0.4, -0.2) is 9.38 Å². The Labute approximate surface area is 56.3 Å². The van der Waals surface area contributed by atoms with Crippen LogP contribution in [-0.2, 0) is 0 Å². The summed E-state index contributed by atoms with van der Waals surface area (Å²) >= 11 is 0. The first kappa shape index (κ1) is 5.22. The highest BCUT2D eigenvalue weighted by Gasteiger charge is 1.92. The van der Waals surface area contributed by atoms with Crippen molar-refractivity contribution in [2.24, 2.45) is 0 Å². The van der Waals surface area contributed by atoms with Crippen LogP contribution in [0, 0.1) is 5.41 Å². The van der Waals surface area contributed by atoms with Crippen molar-refractivity contribution in [2.75, 3.05) is 0 Å². The van der Waals surface area contributed by atoms with Gasteiger partial charge in [-0.2, -0.15) is 0 Å². The summed E-state index contributed by atoms with van der Waals surface area (Å²) in [5.74, 6) is 0. The number of aromatic nitrogens is 2. The molecule has 0 unspecified atom stereocenters. The monoisotopic (exact) mass is 135 g/mol. The molecule has 0 saturated heterocycles. The molecule has 0 saturated carbocycles. The van der Waals surface area contributed by atoms with Crippen molar-refractivity contribution in [3.63, 3.8) is 0 Å². The third-order valence-corrected chi connectivity index (χ3v) is 1.28. The van der Waals surface area contributed by atoms with Crippen LogP contribution in [0.5, 0.6) is 0 Å². The van der Waals surface area contributed by atoms with Crippen molar-refractivity contribution in [2.45, 2.75) is 0 Å². The molecule has 0 bridgehead atoms. The van der Waals surface area contributed by atoms with E-state index in [2.05, 4.69) is 4.98 Å². The maximum absolute atomic E-state index is 7.34. The van der Waals surface area contributed by atoms with Crippen LogP contribution in [0.15, 0.2) is 29.3 Å². The number of nitrogens with one attached hydrogen (secondary N) is 1. The summed E-state index contributed by atoms with van der Waals surface area (Å²) in [5.41, 5.74) is 0.964. The molecule has 0 aromatic carbocycles. The highest BCUT2D eigenvalue weighted by molar-refractivity contribution is 5.28. The molecule has 2 aromatic rings. The van der Waals surface area contributed by atoms with Crippen LogP contribution in [0.25, 0.3) is 5.71 Å². The van der Waals surface area contributed by atoms with E-state index >= 15 is 0 Å². The van der Waals surface area contributed by atoms with Gasteiger partial charge in [0.15, 0.2) is 0 Å². The lowest BCUT2D eigenvalue weighted by Gasteiger charge is -1.88. The topological polar surface area (TPSA) is 54.3 Å². The summed E-state index contributed by atoms with van der Waals surface area (Å²) in [6.07, 6.45) is 4.58. The summed E-state index contributed by atoms with van der Waals surface area (Å²) in [5, 5.41) is 7.34. The van der Waals surface area contributed by atoms with E-state index in [0.29, 0.717) is 11.2 Å². The van der Waals surface area contributed by atoms with Crippen LogP contribution in [0.2, 0.25) is 0 Å². The third kappa shape index (κ3) is 0.556. The first-order chi connectivity index (χ1) is 4.88. The Hall–Kier alpha value is -1.58. The Morgan fingerprint density at radius 3 is 3.30 bits per heavy atom. The summed E-state index contributed by atoms with van der Waals surface area (Å²) in [7, 11) is 0. The first-order valence-electron chi connectivity index (χ1n) is 2.82. The summed E-state index contributed by atoms with van der Waals surface area (Å²) in [4.78, 5) is 3.81. The minimum absolute atomic E-state index is 0.374. The number of fused-ring (bicyclic) bond motifs is 1. The second kappa shape index (κ2) is 1.70. The van der Waals surface area contributed by atoms with E-state index in [9.17, 15) is 0 Å². The molecular weight excluding hydrogens is 130 g/mol. The molecule has 2 heterocycles. The third-order valence-electron chi connectivity index (χ3n) is 1.28. The Morgan fingerprint density at radius 1 is 1.60 bits per heavy atom. The van der Waals surface area contributed by atoms with Gasteiger partial charge in [-0.25, -0.2) is 4.98 Å². The molecule has 0 spiro atoms. The van der Waals surface area contributed by atoms with Gasteiger partial charge in [0.2, 0.25) is 5.71 Å². The van der Waals surface area contributed by atoms with Crippen molar-refractivity contribution in [1.29, 1.82) is 5.41 Å². The van der Waals surface area contributed by atoms with Gasteiger partial charge in [-0.05, 0) is 0 Å². The van der Waals surface area contributed by atoms with E-state index in [0.717, 1.165) is 0 Å². The largest absolute Gasteiger partial charge is 0.446 e. The van der Waals surface area contributed by atoms with Gasteiger partial charge in [0.25, 0.3) is 0 Å². The maximum Gasteiger partial charge on any atom is 0.224 e. The van der Waals surface area contributed by atoms with Crippen LogP contribution in [0.4, 0.5) is 0 Å². The van der Waals surface area contributed by atoms with Gasteiger partial charge in [-0.15, -0.1) is 0 Å². The minimum Gasteiger partial charge on any atom is -0.446 e. The van der Waals surface area contributed by atoms with E-state index in [-0.39, 0.29) is 0 Å². The second-order valence-corrected chi connectivity index (χ2v) is 1.91. The zero-order valence-corrected chi connectivity index (χ0v) is 5.11. The van der Waals surface area contributed by atoms with Gasteiger partial charge < -0.3 is 4.42 Å². The van der Waals surface area contributed by atoms with E-state index in [1.165, 1.54) is 6.26 Å². The highest BCUT2D eigenvalue weighted by atomic mass is 16.3. The number of nitrogens with zero attached hydrogens (tertiary/aromatic N) is 2. The maximum atomic E-state index is 7.34. The molecular formula is C6H5N3O. The quantitative estimate of drug-likeness (QED) is 0.568. The molecule has 0 aliphatic rings. The molecule has 4 heteroatoms. The van der Waals surface area contributed by atoms with E-state index in [4.69, 9.17) is 9.83 Å². The van der Waals surface area contributed by atoms with Crippen molar-refractivity contribution in [3.8, 4) is 0 Å². The Balaban J connectivity index is 3.09. The molecule has 0 aliphatic carbocycles. The molecule has 2 rings (SSSR count). The van der Waals surface area contributed by atoms with Crippen LogP contribution < -0.4 is 5.49 Å². The predicted octanol–water partition coefficient (Wildman–Crippen LogP) is 0.407. The summed E-state index contributed by atoms with van der Waals surface area (Å²) in [6.45, 7) is 0. The molecule has 0 aliphatic heterocycles. The van der Waals surface area contributed by atoms with Crippen molar-refractivity contribution < 1.29 is 4.42 Å². The van der Waals surface area contributed by atoms with Crippen molar-refractivity contribution in [1.82, 2.24) is 9.38 Å². The Morgan fingerprint density at radius 2 is 2.50 bits per heavy atom. The van der Waals surface area contributed by atoms with Crippen molar-refractivity contribution in [3.05, 3.63) is 30.3 Å².